The van der Waals surface area contributed by atoms with Crippen LogP contribution in [0.3, 0.4) is 0 Å². The summed E-state index contributed by atoms with van der Waals surface area (Å²) in [5.74, 6) is 1.45. The number of rotatable bonds is 5. The normalized spacial score (nSPS) is 21.4. The van der Waals surface area contributed by atoms with Crippen molar-refractivity contribution >= 4 is 23.3 Å². The number of imidazole rings is 1. The molecule has 9 heteroatoms. The third-order valence-corrected chi connectivity index (χ3v) is 5.32. The van der Waals surface area contributed by atoms with E-state index in [1.165, 1.54) is 0 Å². The maximum absolute atomic E-state index is 12.6. The van der Waals surface area contributed by atoms with E-state index in [0.29, 0.717) is 43.1 Å². The average Bonchev–Trinajstić information content (AvgIpc) is 3.43. The highest BCUT2D eigenvalue weighted by Crippen LogP contribution is 2.34. The summed E-state index contributed by atoms with van der Waals surface area (Å²) in [4.78, 5) is 30.8. The summed E-state index contributed by atoms with van der Waals surface area (Å²) in [6.07, 6.45) is 5.34. The molecule has 9 nitrogen and oxygen atoms in total. The van der Waals surface area contributed by atoms with Crippen LogP contribution in [0.4, 0.5) is 16.2 Å². The Hall–Kier alpha value is -3.07. The minimum absolute atomic E-state index is 0.0610. The van der Waals surface area contributed by atoms with Gasteiger partial charge in [0.2, 0.25) is 5.91 Å². The molecule has 3 amide bonds. The number of ether oxygens (including phenoxy) is 2. The molecule has 1 aromatic heterocycles. The molecule has 154 valence electrons. The predicted octanol–water partition coefficient (Wildman–Crippen LogP) is 2.21. The molecule has 2 aliphatic heterocycles. The standard InChI is InChI=1S/C20H25N5O4/c1-24-10-8-21-19(24)18-14(7-11-29-18)23-20(27)22-13-5-6-16(28-2)15(12-13)25-9-3-4-17(25)26/h5-6,8,10,12,14,18H,3-4,7,9,11H2,1-2H3,(H2,22,23,27)/t14-,18-/m1/s1. The zero-order chi connectivity index (χ0) is 20.4. The quantitative estimate of drug-likeness (QED) is 0.803. The number of carbonyl (C=O) groups is 2. The van der Waals surface area contributed by atoms with Gasteiger partial charge in [-0.3, -0.25) is 4.79 Å². The highest BCUT2D eigenvalue weighted by Gasteiger charge is 2.33. The molecular formula is C20H25N5O4. The van der Waals surface area contributed by atoms with E-state index in [1.54, 1.807) is 36.4 Å². The number of benzene rings is 1. The van der Waals surface area contributed by atoms with Crippen LogP contribution in [0.25, 0.3) is 0 Å². The second-order valence-electron chi connectivity index (χ2n) is 7.22. The Labute approximate surface area is 169 Å². The lowest BCUT2D eigenvalue weighted by Crippen LogP contribution is -2.40. The molecule has 4 rings (SSSR count). The van der Waals surface area contributed by atoms with Crippen LogP contribution in [0.2, 0.25) is 0 Å². The largest absolute Gasteiger partial charge is 0.495 e. The Kier molecular flexibility index (Phi) is 5.39. The molecule has 1 aromatic carbocycles. The lowest BCUT2D eigenvalue weighted by molar-refractivity contribution is -0.117. The van der Waals surface area contributed by atoms with Gasteiger partial charge in [0.05, 0.1) is 18.8 Å². The molecule has 2 N–H and O–H groups in total. The summed E-state index contributed by atoms with van der Waals surface area (Å²) in [7, 11) is 3.47. The fourth-order valence-electron chi connectivity index (χ4n) is 3.86. The van der Waals surface area contributed by atoms with Crippen molar-refractivity contribution in [1.29, 1.82) is 0 Å². The SMILES string of the molecule is COc1ccc(NC(=O)N[C@@H]2CCO[C@H]2c2nccn2C)cc1N1CCCC1=O. The third-order valence-electron chi connectivity index (χ3n) is 5.32. The Balaban J connectivity index is 1.46. The van der Waals surface area contributed by atoms with Crippen LogP contribution in [0.5, 0.6) is 5.75 Å². The number of nitrogens with zero attached hydrogens (tertiary/aromatic N) is 3. The molecule has 3 heterocycles. The molecule has 0 radical (unpaired) electrons. The zero-order valence-corrected chi connectivity index (χ0v) is 16.6. The summed E-state index contributed by atoms with van der Waals surface area (Å²) < 4.78 is 13.1. The van der Waals surface area contributed by atoms with Gasteiger partial charge in [-0.2, -0.15) is 0 Å². The number of anilines is 2. The Morgan fingerprint density at radius 3 is 2.93 bits per heavy atom. The van der Waals surface area contributed by atoms with E-state index in [1.807, 2.05) is 17.8 Å². The summed E-state index contributed by atoms with van der Waals surface area (Å²) in [5, 5.41) is 5.83. The number of hydrogen-bond donors (Lipinski definition) is 2. The van der Waals surface area contributed by atoms with Crippen molar-refractivity contribution < 1.29 is 19.1 Å². The van der Waals surface area contributed by atoms with Crippen molar-refractivity contribution in [2.24, 2.45) is 7.05 Å². The first-order valence-corrected chi connectivity index (χ1v) is 9.71. The molecule has 2 saturated heterocycles. The van der Waals surface area contributed by atoms with Crippen molar-refractivity contribution in [2.45, 2.75) is 31.4 Å². The molecule has 0 spiro atoms. The Bertz CT molecular complexity index is 912. The topological polar surface area (TPSA) is 97.7 Å². The molecule has 0 bridgehead atoms. The van der Waals surface area contributed by atoms with Crippen molar-refractivity contribution in [3.05, 3.63) is 36.4 Å². The second-order valence-corrected chi connectivity index (χ2v) is 7.22. The molecule has 0 unspecified atom stereocenters. The van der Waals surface area contributed by atoms with Crippen molar-refractivity contribution in [2.75, 3.05) is 30.5 Å². The minimum atomic E-state index is -0.330. The Morgan fingerprint density at radius 2 is 2.24 bits per heavy atom. The van der Waals surface area contributed by atoms with Crippen LogP contribution in [0.15, 0.2) is 30.6 Å². The fraction of sp³-hybridized carbons (Fsp3) is 0.450. The van der Waals surface area contributed by atoms with E-state index >= 15 is 0 Å². The van der Waals surface area contributed by atoms with E-state index in [-0.39, 0.29) is 24.1 Å². The van der Waals surface area contributed by atoms with Gasteiger partial charge in [-0.05, 0) is 31.0 Å². The maximum Gasteiger partial charge on any atom is 0.319 e. The zero-order valence-electron chi connectivity index (χ0n) is 16.6. The molecule has 2 aromatic rings. The molecular weight excluding hydrogens is 374 g/mol. The van der Waals surface area contributed by atoms with Crippen LogP contribution >= 0.6 is 0 Å². The molecule has 2 atom stereocenters. The van der Waals surface area contributed by atoms with E-state index in [9.17, 15) is 9.59 Å². The lowest BCUT2D eigenvalue weighted by Gasteiger charge is -2.21. The second kappa shape index (κ2) is 8.12. The smallest absolute Gasteiger partial charge is 0.319 e. The summed E-state index contributed by atoms with van der Waals surface area (Å²) in [6.45, 7) is 1.21. The van der Waals surface area contributed by atoms with Gasteiger partial charge in [0.15, 0.2) is 0 Å². The van der Waals surface area contributed by atoms with Gasteiger partial charge in [0, 0.05) is 44.7 Å². The summed E-state index contributed by atoms with van der Waals surface area (Å²) in [5.41, 5.74) is 1.26. The average molecular weight is 399 g/mol. The van der Waals surface area contributed by atoms with Crippen molar-refractivity contribution in [3.8, 4) is 5.75 Å². The van der Waals surface area contributed by atoms with Gasteiger partial charge in [0.1, 0.15) is 17.7 Å². The van der Waals surface area contributed by atoms with Crippen molar-refractivity contribution in [3.63, 3.8) is 0 Å². The van der Waals surface area contributed by atoms with Gasteiger partial charge in [-0.15, -0.1) is 0 Å². The molecule has 2 aliphatic rings. The molecule has 0 saturated carbocycles. The first kappa shape index (κ1) is 19.3. The number of amides is 3. The lowest BCUT2D eigenvalue weighted by atomic mass is 10.1. The van der Waals surface area contributed by atoms with E-state index in [4.69, 9.17) is 9.47 Å². The van der Waals surface area contributed by atoms with Gasteiger partial charge in [-0.25, -0.2) is 9.78 Å². The van der Waals surface area contributed by atoms with Gasteiger partial charge in [0.25, 0.3) is 0 Å². The van der Waals surface area contributed by atoms with Crippen LogP contribution < -0.4 is 20.3 Å². The first-order chi connectivity index (χ1) is 14.1. The number of aryl methyl sites for hydroxylation is 1. The summed E-state index contributed by atoms with van der Waals surface area (Å²) in [6, 6.07) is 4.77. The predicted molar refractivity (Wildman–Crippen MR) is 107 cm³/mol. The number of aromatic nitrogens is 2. The van der Waals surface area contributed by atoms with Crippen LogP contribution in [-0.4, -0.2) is 47.8 Å². The first-order valence-electron chi connectivity index (χ1n) is 9.71. The number of nitrogens with one attached hydrogen (secondary N) is 2. The maximum atomic E-state index is 12.6. The molecule has 0 aliphatic carbocycles. The monoisotopic (exact) mass is 399 g/mol. The third kappa shape index (κ3) is 3.91. The Morgan fingerprint density at radius 1 is 1.38 bits per heavy atom. The van der Waals surface area contributed by atoms with E-state index < -0.39 is 0 Å². The van der Waals surface area contributed by atoms with E-state index in [0.717, 1.165) is 12.2 Å². The highest BCUT2D eigenvalue weighted by atomic mass is 16.5. The molecule has 2 fully saturated rings. The number of carbonyl (C=O) groups excluding carboxylic acids is 2. The van der Waals surface area contributed by atoms with Crippen LogP contribution in [-0.2, 0) is 16.6 Å². The summed E-state index contributed by atoms with van der Waals surface area (Å²) >= 11 is 0. The fourth-order valence-corrected chi connectivity index (χ4v) is 3.86. The minimum Gasteiger partial charge on any atom is -0.495 e. The van der Waals surface area contributed by atoms with Crippen LogP contribution in [0.1, 0.15) is 31.2 Å². The number of methoxy groups -OCH3 is 1. The van der Waals surface area contributed by atoms with Crippen molar-refractivity contribution in [1.82, 2.24) is 14.9 Å². The van der Waals surface area contributed by atoms with Gasteiger partial charge < -0.3 is 29.6 Å². The molecule has 29 heavy (non-hydrogen) atoms. The number of hydrogen-bond acceptors (Lipinski definition) is 5. The highest BCUT2D eigenvalue weighted by molar-refractivity contribution is 5.98. The number of urea groups is 1. The van der Waals surface area contributed by atoms with E-state index in [2.05, 4.69) is 15.6 Å². The van der Waals surface area contributed by atoms with Crippen LogP contribution in [0, 0.1) is 0 Å². The van der Waals surface area contributed by atoms with Gasteiger partial charge in [-0.1, -0.05) is 0 Å². The van der Waals surface area contributed by atoms with Gasteiger partial charge >= 0.3 is 6.03 Å².